The molecule has 3 nitrogen and oxygen atoms in total. The monoisotopic (exact) mass is 237 g/mol. The quantitative estimate of drug-likeness (QED) is 0.852. The van der Waals surface area contributed by atoms with Crippen molar-refractivity contribution in [2.45, 2.75) is 19.4 Å². The van der Waals surface area contributed by atoms with Gasteiger partial charge in [-0.2, -0.15) is 0 Å². The van der Waals surface area contributed by atoms with Gasteiger partial charge in [-0.1, -0.05) is 12.1 Å². The molecule has 1 fully saturated rings. The second-order valence-corrected chi connectivity index (χ2v) is 4.89. The molecule has 2 rings (SSSR count). The van der Waals surface area contributed by atoms with Crippen molar-refractivity contribution in [2.24, 2.45) is 5.41 Å². The van der Waals surface area contributed by atoms with Crippen LogP contribution in [-0.4, -0.2) is 29.6 Å². The van der Waals surface area contributed by atoms with Gasteiger partial charge in [-0.15, -0.1) is 0 Å². The highest BCUT2D eigenvalue weighted by atomic mass is 19.1. The van der Waals surface area contributed by atoms with Crippen LogP contribution in [0.3, 0.4) is 0 Å². The minimum absolute atomic E-state index is 0.254. The smallest absolute Gasteiger partial charge is 0.310 e. The van der Waals surface area contributed by atoms with E-state index in [9.17, 15) is 9.18 Å². The summed E-state index contributed by atoms with van der Waals surface area (Å²) in [6.45, 7) is 1.10. The highest BCUT2D eigenvalue weighted by molar-refractivity contribution is 5.78. The SMILES string of the molecule is CN(Cc1cccc(F)c1)CC1(C(=O)O)CC1. The van der Waals surface area contributed by atoms with Gasteiger partial charge in [-0.25, -0.2) is 4.39 Å². The lowest BCUT2D eigenvalue weighted by Gasteiger charge is -2.20. The third-order valence-corrected chi connectivity index (χ3v) is 3.22. The fourth-order valence-electron chi connectivity index (χ4n) is 2.11. The Morgan fingerprint density at radius 1 is 1.53 bits per heavy atom. The van der Waals surface area contributed by atoms with E-state index < -0.39 is 11.4 Å². The van der Waals surface area contributed by atoms with Gasteiger partial charge in [0.15, 0.2) is 0 Å². The van der Waals surface area contributed by atoms with E-state index in [0.717, 1.165) is 18.4 Å². The molecular weight excluding hydrogens is 221 g/mol. The van der Waals surface area contributed by atoms with Crippen LogP contribution in [0.2, 0.25) is 0 Å². The number of carboxylic acid groups (broad SMARTS) is 1. The minimum Gasteiger partial charge on any atom is -0.481 e. The molecule has 0 bridgehead atoms. The fourth-order valence-corrected chi connectivity index (χ4v) is 2.11. The lowest BCUT2D eigenvalue weighted by molar-refractivity contribution is -0.144. The van der Waals surface area contributed by atoms with Crippen molar-refractivity contribution in [3.8, 4) is 0 Å². The Labute approximate surface area is 99.9 Å². The van der Waals surface area contributed by atoms with Gasteiger partial charge in [0.1, 0.15) is 5.82 Å². The van der Waals surface area contributed by atoms with Crippen molar-refractivity contribution in [3.63, 3.8) is 0 Å². The first-order chi connectivity index (χ1) is 8.02. The number of carbonyl (C=O) groups is 1. The molecule has 0 unspecified atom stereocenters. The van der Waals surface area contributed by atoms with Gasteiger partial charge in [-0.3, -0.25) is 4.79 Å². The summed E-state index contributed by atoms with van der Waals surface area (Å²) >= 11 is 0. The molecule has 0 radical (unpaired) electrons. The zero-order valence-electron chi connectivity index (χ0n) is 9.82. The molecule has 0 aliphatic heterocycles. The molecule has 1 aromatic carbocycles. The first kappa shape index (κ1) is 12.0. The van der Waals surface area contributed by atoms with Crippen molar-refractivity contribution in [1.29, 1.82) is 0 Å². The van der Waals surface area contributed by atoms with Gasteiger partial charge in [-0.05, 0) is 37.6 Å². The molecular formula is C13H16FNO2. The van der Waals surface area contributed by atoms with Crippen LogP contribution in [-0.2, 0) is 11.3 Å². The minimum atomic E-state index is -0.719. The highest BCUT2D eigenvalue weighted by Crippen LogP contribution is 2.46. The normalized spacial score (nSPS) is 17.1. The van der Waals surface area contributed by atoms with Crippen LogP contribution in [0.1, 0.15) is 18.4 Å². The second-order valence-electron chi connectivity index (χ2n) is 4.89. The van der Waals surface area contributed by atoms with E-state index in [1.165, 1.54) is 12.1 Å². The zero-order chi connectivity index (χ0) is 12.5. The molecule has 0 amide bonds. The van der Waals surface area contributed by atoms with Crippen molar-refractivity contribution in [3.05, 3.63) is 35.6 Å². The summed E-state index contributed by atoms with van der Waals surface area (Å²) in [6, 6.07) is 6.41. The van der Waals surface area contributed by atoms with Crippen LogP contribution in [0.15, 0.2) is 24.3 Å². The Bertz CT molecular complexity index is 429. The van der Waals surface area contributed by atoms with E-state index in [0.29, 0.717) is 13.1 Å². The van der Waals surface area contributed by atoms with E-state index >= 15 is 0 Å². The first-order valence-electron chi connectivity index (χ1n) is 5.68. The Balaban J connectivity index is 1.94. The molecule has 17 heavy (non-hydrogen) atoms. The first-order valence-corrected chi connectivity index (χ1v) is 5.68. The molecule has 1 aliphatic rings. The maximum absolute atomic E-state index is 13.0. The van der Waals surface area contributed by atoms with Gasteiger partial charge in [0.25, 0.3) is 0 Å². The topological polar surface area (TPSA) is 40.5 Å². The Kier molecular flexibility index (Phi) is 3.15. The number of aliphatic carboxylic acids is 1. The summed E-state index contributed by atoms with van der Waals surface area (Å²) in [5.74, 6) is -0.973. The standard InChI is InChI=1S/C13H16FNO2/c1-15(9-13(5-6-13)12(16)17)8-10-3-2-4-11(14)7-10/h2-4,7H,5-6,8-9H2,1H3,(H,16,17). The molecule has 1 aromatic rings. The maximum atomic E-state index is 13.0. The molecule has 1 aliphatic carbocycles. The number of benzene rings is 1. The van der Waals surface area contributed by atoms with Gasteiger partial charge in [0.2, 0.25) is 0 Å². The number of hydrogen-bond acceptors (Lipinski definition) is 2. The van der Waals surface area contributed by atoms with Crippen LogP contribution in [0.4, 0.5) is 4.39 Å². The Morgan fingerprint density at radius 2 is 2.24 bits per heavy atom. The average Bonchev–Trinajstić information content (AvgIpc) is 2.98. The van der Waals surface area contributed by atoms with E-state index in [1.54, 1.807) is 6.07 Å². The van der Waals surface area contributed by atoms with E-state index in [4.69, 9.17) is 5.11 Å². The second kappa shape index (κ2) is 4.45. The molecule has 1 N–H and O–H groups in total. The predicted molar refractivity (Wildman–Crippen MR) is 62.0 cm³/mol. The predicted octanol–water partition coefficient (Wildman–Crippen LogP) is 2.12. The molecule has 0 spiro atoms. The lowest BCUT2D eigenvalue weighted by Crippen LogP contribution is -2.31. The van der Waals surface area contributed by atoms with Crippen molar-refractivity contribution < 1.29 is 14.3 Å². The summed E-state index contributed by atoms with van der Waals surface area (Å²) in [7, 11) is 1.87. The summed E-state index contributed by atoms with van der Waals surface area (Å²) in [5, 5.41) is 9.08. The molecule has 0 aromatic heterocycles. The zero-order valence-corrected chi connectivity index (χ0v) is 9.82. The van der Waals surface area contributed by atoms with Crippen LogP contribution in [0.5, 0.6) is 0 Å². The number of carboxylic acids is 1. The van der Waals surface area contributed by atoms with Crippen molar-refractivity contribution in [2.75, 3.05) is 13.6 Å². The maximum Gasteiger partial charge on any atom is 0.310 e. The number of hydrogen-bond donors (Lipinski definition) is 1. The summed E-state index contributed by atoms with van der Waals surface area (Å²) in [5.41, 5.74) is 0.316. The van der Waals surface area contributed by atoms with Gasteiger partial charge in [0, 0.05) is 13.1 Å². The Hall–Kier alpha value is -1.42. The van der Waals surface area contributed by atoms with Crippen molar-refractivity contribution in [1.82, 2.24) is 4.90 Å². The van der Waals surface area contributed by atoms with E-state index in [2.05, 4.69) is 0 Å². The van der Waals surface area contributed by atoms with Gasteiger partial charge in [0.05, 0.1) is 5.41 Å². The largest absolute Gasteiger partial charge is 0.481 e. The third kappa shape index (κ3) is 2.82. The highest BCUT2D eigenvalue weighted by Gasteiger charge is 2.50. The fraction of sp³-hybridized carbons (Fsp3) is 0.462. The summed E-state index contributed by atoms with van der Waals surface area (Å²) in [6.07, 6.45) is 1.49. The third-order valence-electron chi connectivity index (χ3n) is 3.22. The van der Waals surface area contributed by atoms with Crippen LogP contribution in [0.25, 0.3) is 0 Å². The molecule has 4 heteroatoms. The van der Waals surface area contributed by atoms with Crippen LogP contribution < -0.4 is 0 Å². The Morgan fingerprint density at radius 3 is 2.76 bits per heavy atom. The molecule has 92 valence electrons. The molecule has 0 heterocycles. The van der Waals surface area contributed by atoms with E-state index in [1.807, 2.05) is 18.0 Å². The molecule has 0 atom stereocenters. The number of halogens is 1. The van der Waals surface area contributed by atoms with Crippen LogP contribution >= 0.6 is 0 Å². The van der Waals surface area contributed by atoms with Gasteiger partial charge < -0.3 is 10.0 Å². The summed E-state index contributed by atoms with van der Waals surface area (Å²) in [4.78, 5) is 13.0. The lowest BCUT2D eigenvalue weighted by atomic mass is 10.1. The summed E-state index contributed by atoms with van der Waals surface area (Å²) < 4.78 is 13.0. The van der Waals surface area contributed by atoms with Crippen LogP contribution in [0, 0.1) is 11.2 Å². The van der Waals surface area contributed by atoms with Crippen molar-refractivity contribution >= 4 is 5.97 Å². The van der Waals surface area contributed by atoms with Gasteiger partial charge >= 0.3 is 5.97 Å². The number of nitrogens with zero attached hydrogens (tertiary/aromatic N) is 1. The molecule has 0 saturated heterocycles. The average molecular weight is 237 g/mol. The van der Waals surface area contributed by atoms with E-state index in [-0.39, 0.29) is 5.82 Å². The number of rotatable bonds is 5. The molecule has 1 saturated carbocycles.